The van der Waals surface area contributed by atoms with Gasteiger partial charge in [0.2, 0.25) is 0 Å². The van der Waals surface area contributed by atoms with Crippen LogP contribution in [0.1, 0.15) is 24.8 Å². The molecule has 2 unspecified atom stereocenters. The minimum absolute atomic E-state index is 0.144. The van der Waals surface area contributed by atoms with Crippen molar-refractivity contribution < 1.29 is 13.9 Å². The van der Waals surface area contributed by atoms with Crippen LogP contribution in [0.2, 0.25) is 0 Å². The lowest BCUT2D eigenvalue weighted by Gasteiger charge is -2.38. The Morgan fingerprint density at radius 3 is 3.00 bits per heavy atom. The highest BCUT2D eigenvalue weighted by Gasteiger charge is 2.41. The maximum atomic E-state index is 13.9. The molecule has 2 aliphatic rings. The lowest BCUT2D eigenvalue weighted by molar-refractivity contribution is -0.0829. The number of para-hydroxylation sites is 1. The number of ether oxygens (including phenoxy) is 2. The minimum atomic E-state index is -0.178. The number of hydrogen-bond acceptors (Lipinski definition) is 3. The maximum Gasteiger partial charge on any atom is 0.146 e. The second-order valence-corrected chi connectivity index (χ2v) is 5.60. The van der Waals surface area contributed by atoms with Gasteiger partial charge in [0.25, 0.3) is 0 Å². The van der Waals surface area contributed by atoms with Crippen LogP contribution in [-0.2, 0) is 9.47 Å². The smallest absolute Gasteiger partial charge is 0.146 e. The van der Waals surface area contributed by atoms with Gasteiger partial charge in [-0.05, 0) is 31.4 Å². The summed E-state index contributed by atoms with van der Waals surface area (Å²) in [5.74, 6) is -0.178. The standard InChI is InChI=1S/C15H20FNO2/c1-11-3-2-4-13(16)14(11)17-12-5-7-19-15(9-12)6-8-18-10-15/h2-4,12,17H,5-10H2,1H3. The summed E-state index contributed by atoms with van der Waals surface area (Å²) in [5, 5.41) is 3.36. The zero-order valence-electron chi connectivity index (χ0n) is 11.2. The summed E-state index contributed by atoms with van der Waals surface area (Å²) in [5.41, 5.74) is 1.43. The molecule has 0 radical (unpaired) electrons. The van der Waals surface area contributed by atoms with Crippen LogP contribution in [0.25, 0.3) is 0 Å². The summed E-state index contributed by atoms with van der Waals surface area (Å²) in [6, 6.07) is 5.43. The molecule has 2 saturated heterocycles. The van der Waals surface area contributed by atoms with E-state index >= 15 is 0 Å². The molecule has 1 N–H and O–H groups in total. The molecule has 0 saturated carbocycles. The van der Waals surface area contributed by atoms with E-state index in [2.05, 4.69) is 5.32 Å². The van der Waals surface area contributed by atoms with E-state index in [1.807, 2.05) is 13.0 Å². The van der Waals surface area contributed by atoms with Crippen LogP contribution >= 0.6 is 0 Å². The minimum Gasteiger partial charge on any atom is -0.380 e. The van der Waals surface area contributed by atoms with Gasteiger partial charge in [0.05, 0.1) is 17.9 Å². The fraction of sp³-hybridized carbons (Fsp3) is 0.600. The molecule has 3 nitrogen and oxygen atoms in total. The number of benzene rings is 1. The Morgan fingerprint density at radius 2 is 2.26 bits per heavy atom. The molecule has 0 amide bonds. The second kappa shape index (κ2) is 5.10. The fourth-order valence-electron chi connectivity index (χ4n) is 3.03. The molecule has 0 aromatic heterocycles. The molecular formula is C15H20FNO2. The van der Waals surface area contributed by atoms with Crippen LogP contribution < -0.4 is 5.32 Å². The van der Waals surface area contributed by atoms with E-state index in [0.29, 0.717) is 18.9 Å². The molecule has 0 aliphatic carbocycles. The molecule has 2 atom stereocenters. The lowest BCUT2D eigenvalue weighted by Crippen LogP contribution is -2.45. The van der Waals surface area contributed by atoms with Crippen molar-refractivity contribution in [2.45, 2.75) is 37.8 Å². The van der Waals surface area contributed by atoms with Crippen LogP contribution in [0, 0.1) is 12.7 Å². The highest BCUT2D eigenvalue weighted by Crippen LogP contribution is 2.34. The van der Waals surface area contributed by atoms with E-state index in [4.69, 9.17) is 9.47 Å². The number of rotatable bonds is 2. The first kappa shape index (κ1) is 12.9. The predicted molar refractivity (Wildman–Crippen MR) is 71.9 cm³/mol. The van der Waals surface area contributed by atoms with Crippen molar-refractivity contribution in [2.75, 3.05) is 25.1 Å². The summed E-state index contributed by atoms with van der Waals surface area (Å²) in [7, 11) is 0. The van der Waals surface area contributed by atoms with E-state index < -0.39 is 0 Å². The topological polar surface area (TPSA) is 30.5 Å². The van der Waals surface area contributed by atoms with Gasteiger partial charge in [-0.25, -0.2) is 4.39 Å². The summed E-state index contributed by atoms with van der Waals surface area (Å²) < 4.78 is 25.2. The average molecular weight is 265 g/mol. The van der Waals surface area contributed by atoms with Gasteiger partial charge in [0.15, 0.2) is 0 Å². The monoisotopic (exact) mass is 265 g/mol. The van der Waals surface area contributed by atoms with Crippen LogP contribution in [-0.4, -0.2) is 31.5 Å². The summed E-state index contributed by atoms with van der Waals surface area (Å²) in [6.45, 7) is 4.08. The molecule has 2 aliphatic heterocycles. The SMILES string of the molecule is Cc1cccc(F)c1NC1CCOC2(CCOC2)C1. The van der Waals surface area contributed by atoms with Crippen LogP contribution in [0.3, 0.4) is 0 Å². The molecular weight excluding hydrogens is 245 g/mol. The zero-order chi connectivity index (χ0) is 13.3. The molecule has 104 valence electrons. The highest BCUT2D eigenvalue weighted by atomic mass is 19.1. The number of hydrogen-bond donors (Lipinski definition) is 1. The third-order valence-electron chi connectivity index (χ3n) is 4.13. The summed E-state index contributed by atoms with van der Waals surface area (Å²) in [6.07, 6.45) is 2.75. The van der Waals surface area contributed by atoms with Crippen LogP contribution in [0.5, 0.6) is 0 Å². The highest BCUT2D eigenvalue weighted by molar-refractivity contribution is 5.52. The van der Waals surface area contributed by atoms with Gasteiger partial charge in [0.1, 0.15) is 5.82 Å². The van der Waals surface area contributed by atoms with Crippen molar-refractivity contribution in [1.29, 1.82) is 0 Å². The van der Waals surface area contributed by atoms with Gasteiger partial charge in [0, 0.05) is 25.7 Å². The van der Waals surface area contributed by atoms with Crippen molar-refractivity contribution in [3.05, 3.63) is 29.6 Å². The van der Waals surface area contributed by atoms with Crippen molar-refractivity contribution in [3.8, 4) is 0 Å². The maximum absolute atomic E-state index is 13.9. The van der Waals surface area contributed by atoms with E-state index in [1.54, 1.807) is 6.07 Å². The van der Waals surface area contributed by atoms with Crippen LogP contribution in [0.4, 0.5) is 10.1 Å². The lowest BCUT2D eigenvalue weighted by atomic mass is 9.89. The summed E-state index contributed by atoms with van der Waals surface area (Å²) >= 11 is 0. The normalized spacial score (nSPS) is 30.7. The van der Waals surface area contributed by atoms with E-state index in [1.165, 1.54) is 6.07 Å². The van der Waals surface area contributed by atoms with Crippen molar-refractivity contribution in [1.82, 2.24) is 0 Å². The quantitative estimate of drug-likeness (QED) is 0.892. The number of anilines is 1. The molecule has 1 spiro atoms. The number of halogens is 1. The summed E-state index contributed by atoms with van der Waals surface area (Å²) in [4.78, 5) is 0. The van der Waals surface area contributed by atoms with E-state index in [0.717, 1.165) is 31.4 Å². The molecule has 3 rings (SSSR count). The molecule has 1 aromatic rings. The van der Waals surface area contributed by atoms with Crippen molar-refractivity contribution in [3.63, 3.8) is 0 Å². The van der Waals surface area contributed by atoms with E-state index in [9.17, 15) is 4.39 Å². The molecule has 1 aromatic carbocycles. The third kappa shape index (κ3) is 2.60. The molecule has 2 heterocycles. The Kier molecular flexibility index (Phi) is 3.46. The van der Waals surface area contributed by atoms with Crippen molar-refractivity contribution in [2.24, 2.45) is 0 Å². The Hall–Kier alpha value is -1.13. The third-order valence-corrected chi connectivity index (χ3v) is 4.13. The number of nitrogens with one attached hydrogen (secondary N) is 1. The van der Waals surface area contributed by atoms with Gasteiger partial charge in [-0.1, -0.05) is 12.1 Å². The second-order valence-electron chi connectivity index (χ2n) is 5.60. The van der Waals surface area contributed by atoms with Gasteiger partial charge < -0.3 is 14.8 Å². The Morgan fingerprint density at radius 1 is 1.37 bits per heavy atom. The first-order valence-corrected chi connectivity index (χ1v) is 6.92. The van der Waals surface area contributed by atoms with Crippen molar-refractivity contribution >= 4 is 5.69 Å². The average Bonchev–Trinajstić information content (AvgIpc) is 2.82. The molecule has 19 heavy (non-hydrogen) atoms. The zero-order valence-corrected chi connectivity index (χ0v) is 11.2. The van der Waals surface area contributed by atoms with E-state index in [-0.39, 0.29) is 17.5 Å². The van der Waals surface area contributed by atoms with Gasteiger partial charge >= 0.3 is 0 Å². The first-order chi connectivity index (χ1) is 9.19. The predicted octanol–water partition coefficient (Wildman–Crippen LogP) is 2.88. The van der Waals surface area contributed by atoms with Crippen LogP contribution in [0.15, 0.2) is 18.2 Å². The first-order valence-electron chi connectivity index (χ1n) is 6.92. The Bertz CT molecular complexity index is 437. The molecule has 2 fully saturated rings. The molecule has 0 bridgehead atoms. The Labute approximate surface area is 113 Å². The van der Waals surface area contributed by atoms with Gasteiger partial charge in [-0.3, -0.25) is 0 Å². The van der Waals surface area contributed by atoms with Gasteiger partial charge in [-0.2, -0.15) is 0 Å². The van der Waals surface area contributed by atoms with Gasteiger partial charge in [-0.15, -0.1) is 0 Å². The largest absolute Gasteiger partial charge is 0.380 e. The molecule has 4 heteroatoms. The Balaban J connectivity index is 1.73. The number of aryl methyl sites for hydroxylation is 1. The fourth-order valence-corrected chi connectivity index (χ4v) is 3.03.